The van der Waals surface area contributed by atoms with E-state index >= 15 is 0 Å². The first-order chi connectivity index (χ1) is 13.2. The van der Waals surface area contributed by atoms with Crippen LogP contribution in [0.15, 0.2) is 18.2 Å². The van der Waals surface area contributed by atoms with Gasteiger partial charge < -0.3 is 4.57 Å². The fourth-order valence-electron chi connectivity index (χ4n) is 4.15. The van der Waals surface area contributed by atoms with Gasteiger partial charge in [-0.3, -0.25) is 9.69 Å². The highest BCUT2D eigenvalue weighted by molar-refractivity contribution is 7.88. The van der Waals surface area contributed by atoms with Crippen molar-refractivity contribution in [2.75, 3.05) is 25.9 Å². The molecule has 28 heavy (non-hydrogen) atoms. The zero-order chi connectivity index (χ0) is 20.6. The predicted octanol–water partition coefficient (Wildman–Crippen LogP) is 1.99. The van der Waals surface area contributed by atoms with E-state index in [1.165, 1.54) is 6.26 Å². The van der Waals surface area contributed by atoms with Crippen LogP contribution in [0, 0.1) is 18.3 Å². The van der Waals surface area contributed by atoms with Gasteiger partial charge in [0, 0.05) is 54.7 Å². The first-order valence-corrected chi connectivity index (χ1v) is 11.2. The molecule has 3 rings (SSSR count). The molecule has 1 aromatic heterocycles. The summed E-state index contributed by atoms with van der Waals surface area (Å²) in [7, 11) is -3.20. The van der Waals surface area contributed by atoms with Gasteiger partial charge in [-0.2, -0.15) is 9.57 Å². The Morgan fingerprint density at radius 2 is 2.07 bits per heavy atom. The molecule has 2 atom stereocenters. The molecule has 150 valence electrons. The smallest absolute Gasteiger partial charge is 0.211 e. The van der Waals surface area contributed by atoms with Crippen molar-refractivity contribution in [3.8, 4) is 6.07 Å². The minimum atomic E-state index is -3.20. The molecule has 8 heteroatoms. The summed E-state index contributed by atoms with van der Waals surface area (Å²) in [6.07, 6.45) is 2.09. The van der Waals surface area contributed by atoms with E-state index in [1.54, 1.807) is 10.4 Å². The van der Waals surface area contributed by atoms with Crippen LogP contribution in [0.2, 0.25) is 0 Å². The predicted molar refractivity (Wildman–Crippen MR) is 109 cm³/mol. The zero-order valence-corrected chi connectivity index (χ0v) is 17.5. The molecule has 1 fully saturated rings. The molecule has 0 saturated carbocycles. The van der Waals surface area contributed by atoms with Gasteiger partial charge in [-0.15, -0.1) is 0 Å². The largest absolute Gasteiger partial charge is 0.331 e. The highest BCUT2D eigenvalue weighted by Gasteiger charge is 2.32. The second-order valence-electron chi connectivity index (χ2n) is 7.65. The molecule has 7 nitrogen and oxygen atoms in total. The summed E-state index contributed by atoms with van der Waals surface area (Å²) in [4.78, 5) is 13.5. The molecule has 0 radical (unpaired) electrons. The Labute approximate surface area is 166 Å². The number of rotatable bonds is 5. The molecule has 2 unspecified atom stereocenters. The van der Waals surface area contributed by atoms with Gasteiger partial charge in [-0.25, -0.2) is 8.42 Å². The average molecular weight is 403 g/mol. The van der Waals surface area contributed by atoms with E-state index in [2.05, 4.69) is 17.9 Å². The van der Waals surface area contributed by atoms with E-state index in [-0.39, 0.29) is 12.1 Å². The van der Waals surface area contributed by atoms with Crippen molar-refractivity contribution < 1.29 is 13.2 Å². The number of carbonyl (C=O) groups excluding carboxylic acids is 1. The third kappa shape index (κ3) is 3.70. The van der Waals surface area contributed by atoms with E-state index < -0.39 is 10.0 Å². The van der Waals surface area contributed by atoms with E-state index in [0.717, 1.165) is 22.8 Å². The SMILES string of the molecule is Cc1c(C=O)ccc2c1cc(C#N)n2CC(C)N1CCN(S(C)(=O)=O)C(C)C1. The van der Waals surface area contributed by atoms with Gasteiger partial charge in [0.1, 0.15) is 18.0 Å². The number of aromatic nitrogens is 1. The lowest BCUT2D eigenvalue weighted by atomic mass is 10.1. The van der Waals surface area contributed by atoms with Crippen LogP contribution >= 0.6 is 0 Å². The molecule has 0 aliphatic carbocycles. The molecule has 0 N–H and O–H groups in total. The maximum atomic E-state index is 11.9. The molecule has 2 heterocycles. The summed E-state index contributed by atoms with van der Waals surface area (Å²) < 4.78 is 27.3. The number of nitriles is 1. The van der Waals surface area contributed by atoms with Gasteiger partial charge in [-0.05, 0) is 44.5 Å². The lowest BCUT2D eigenvalue weighted by Crippen LogP contribution is -2.56. The number of hydrogen-bond donors (Lipinski definition) is 0. The summed E-state index contributed by atoms with van der Waals surface area (Å²) in [5.41, 5.74) is 3.02. The van der Waals surface area contributed by atoms with Crippen LogP contribution in [-0.2, 0) is 16.6 Å². The number of sulfonamides is 1. The normalized spacial score (nSPS) is 20.2. The quantitative estimate of drug-likeness (QED) is 0.714. The number of aldehydes is 1. The van der Waals surface area contributed by atoms with E-state index in [1.807, 2.05) is 30.5 Å². The molecular formula is C20H26N4O3S. The molecule has 0 spiro atoms. The topological polar surface area (TPSA) is 86.4 Å². The molecular weight excluding hydrogens is 376 g/mol. The number of benzene rings is 1. The van der Waals surface area contributed by atoms with Gasteiger partial charge in [0.25, 0.3) is 0 Å². The van der Waals surface area contributed by atoms with Crippen LogP contribution in [0.5, 0.6) is 0 Å². The minimum Gasteiger partial charge on any atom is -0.331 e. The molecule has 1 saturated heterocycles. The molecule has 1 aliphatic heterocycles. The molecule has 1 aromatic carbocycles. The molecule has 2 aromatic rings. The fourth-order valence-corrected chi connectivity index (χ4v) is 5.29. The molecule has 1 aliphatic rings. The summed E-state index contributed by atoms with van der Waals surface area (Å²) in [6, 6.07) is 7.84. The second-order valence-corrected chi connectivity index (χ2v) is 9.58. The van der Waals surface area contributed by atoms with E-state index in [4.69, 9.17) is 0 Å². The van der Waals surface area contributed by atoms with Crippen molar-refractivity contribution in [2.45, 2.75) is 39.4 Å². The fraction of sp³-hybridized carbons (Fsp3) is 0.500. The Morgan fingerprint density at radius 3 is 2.64 bits per heavy atom. The zero-order valence-electron chi connectivity index (χ0n) is 16.7. The highest BCUT2D eigenvalue weighted by Crippen LogP contribution is 2.26. The third-order valence-electron chi connectivity index (χ3n) is 5.73. The lowest BCUT2D eigenvalue weighted by molar-refractivity contribution is 0.102. The van der Waals surface area contributed by atoms with E-state index in [9.17, 15) is 18.5 Å². The minimum absolute atomic E-state index is 0.0829. The standard InChI is InChI=1S/C20H26N4O3S/c1-14(22-7-8-24(15(2)11-22)28(4,26)27)12-23-18(10-21)9-19-16(3)17(13-25)5-6-20(19)23/h5-6,9,13-15H,7-8,11-12H2,1-4H3. The van der Waals surface area contributed by atoms with Crippen molar-refractivity contribution in [1.82, 2.24) is 13.8 Å². The Hall–Kier alpha value is -2.21. The number of carbonyl (C=O) groups is 1. The number of fused-ring (bicyclic) bond motifs is 1. The maximum Gasteiger partial charge on any atom is 0.211 e. The first-order valence-electron chi connectivity index (χ1n) is 9.36. The van der Waals surface area contributed by atoms with Crippen molar-refractivity contribution in [3.63, 3.8) is 0 Å². The Bertz CT molecular complexity index is 1050. The van der Waals surface area contributed by atoms with Gasteiger partial charge >= 0.3 is 0 Å². The Balaban J connectivity index is 1.86. The Kier molecular flexibility index (Phi) is 5.62. The summed E-state index contributed by atoms with van der Waals surface area (Å²) in [6.45, 7) is 8.34. The summed E-state index contributed by atoms with van der Waals surface area (Å²) in [5, 5.41) is 10.5. The van der Waals surface area contributed by atoms with Gasteiger partial charge in [-0.1, -0.05) is 0 Å². The number of piperazine rings is 1. The highest BCUT2D eigenvalue weighted by atomic mass is 32.2. The monoisotopic (exact) mass is 402 g/mol. The van der Waals surface area contributed by atoms with Crippen LogP contribution in [0.4, 0.5) is 0 Å². The summed E-state index contributed by atoms with van der Waals surface area (Å²) >= 11 is 0. The number of nitrogens with zero attached hydrogens (tertiary/aromatic N) is 4. The maximum absolute atomic E-state index is 11.9. The van der Waals surface area contributed by atoms with Crippen molar-refractivity contribution in [1.29, 1.82) is 5.26 Å². The first kappa shape index (κ1) is 20.5. The molecule has 0 bridgehead atoms. The second kappa shape index (κ2) is 7.66. The number of aryl methyl sites for hydroxylation is 1. The van der Waals surface area contributed by atoms with Gasteiger partial charge in [0.15, 0.2) is 0 Å². The van der Waals surface area contributed by atoms with Crippen molar-refractivity contribution in [2.24, 2.45) is 0 Å². The van der Waals surface area contributed by atoms with Crippen LogP contribution in [0.25, 0.3) is 10.9 Å². The third-order valence-corrected chi connectivity index (χ3v) is 7.13. The number of hydrogen-bond acceptors (Lipinski definition) is 5. The Morgan fingerprint density at radius 1 is 1.36 bits per heavy atom. The van der Waals surface area contributed by atoms with Gasteiger partial charge in [0.2, 0.25) is 10.0 Å². The lowest BCUT2D eigenvalue weighted by Gasteiger charge is -2.41. The van der Waals surface area contributed by atoms with Crippen LogP contribution < -0.4 is 0 Å². The van der Waals surface area contributed by atoms with Crippen LogP contribution in [0.3, 0.4) is 0 Å². The van der Waals surface area contributed by atoms with E-state index in [0.29, 0.717) is 37.4 Å². The van der Waals surface area contributed by atoms with Crippen molar-refractivity contribution in [3.05, 3.63) is 35.0 Å². The molecule has 0 amide bonds. The van der Waals surface area contributed by atoms with Crippen LogP contribution in [0.1, 0.15) is 35.5 Å². The van der Waals surface area contributed by atoms with Crippen molar-refractivity contribution >= 4 is 27.2 Å². The average Bonchev–Trinajstić information content (AvgIpc) is 2.99. The van der Waals surface area contributed by atoms with Crippen LogP contribution in [-0.4, -0.2) is 66.4 Å². The van der Waals surface area contributed by atoms with Gasteiger partial charge in [0.05, 0.1) is 6.26 Å². The summed E-state index contributed by atoms with van der Waals surface area (Å²) in [5.74, 6) is 0.